The van der Waals surface area contributed by atoms with Crippen LogP contribution in [0.3, 0.4) is 0 Å². The summed E-state index contributed by atoms with van der Waals surface area (Å²) in [5.74, 6) is -0.111. The van der Waals surface area contributed by atoms with Crippen molar-refractivity contribution in [3.63, 3.8) is 0 Å². The number of hydrogen-bond donors (Lipinski definition) is 1. The first-order chi connectivity index (χ1) is 8.15. The largest absolute Gasteiger partial charge is 0.325 e. The first kappa shape index (κ1) is 13.7. The molecule has 4 nitrogen and oxygen atoms in total. The maximum absolute atomic E-state index is 11.7. The van der Waals surface area contributed by atoms with Crippen molar-refractivity contribution in [2.24, 2.45) is 0 Å². The molecular formula is C12H14BrN3O. The van der Waals surface area contributed by atoms with Gasteiger partial charge in [-0.3, -0.25) is 9.69 Å². The van der Waals surface area contributed by atoms with Crippen LogP contribution in [0.2, 0.25) is 0 Å². The van der Waals surface area contributed by atoms with Crippen LogP contribution in [0.1, 0.15) is 6.92 Å². The Morgan fingerprint density at radius 1 is 1.59 bits per heavy atom. The van der Waals surface area contributed by atoms with Crippen LogP contribution in [0.5, 0.6) is 0 Å². The standard InChI is InChI=1S/C12H14BrN3O/c1-2-16(7-6-14)9-12(17)15-11-5-3-4-10(13)8-11/h3-5,8H,2,7,9H2,1H3,(H,15,17). The molecule has 0 aliphatic rings. The van der Waals surface area contributed by atoms with Gasteiger partial charge < -0.3 is 5.32 Å². The molecule has 0 saturated carbocycles. The Labute approximate surface area is 109 Å². The van der Waals surface area contributed by atoms with Crippen LogP contribution in [-0.2, 0) is 4.79 Å². The van der Waals surface area contributed by atoms with Crippen molar-refractivity contribution < 1.29 is 4.79 Å². The van der Waals surface area contributed by atoms with Crippen LogP contribution in [-0.4, -0.2) is 30.4 Å². The number of halogens is 1. The van der Waals surface area contributed by atoms with E-state index >= 15 is 0 Å². The summed E-state index contributed by atoms with van der Waals surface area (Å²) in [4.78, 5) is 13.5. The molecule has 0 fully saturated rings. The molecule has 5 heteroatoms. The molecule has 1 aromatic rings. The first-order valence-corrected chi connectivity index (χ1v) is 6.09. The second kappa shape index (κ2) is 7.05. The number of nitrogens with zero attached hydrogens (tertiary/aromatic N) is 2. The van der Waals surface area contributed by atoms with Gasteiger partial charge in [-0.1, -0.05) is 28.9 Å². The number of benzene rings is 1. The Morgan fingerprint density at radius 2 is 2.35 bits per heavy atom. The summed E-state index contributed by atoms with van der Waals surface area (Å²) in [6.07, 6.45) is 0. The summed E-state index contributed by atoms with van der Waals surface area (Å²) >= 11 is 3.34. The molecule has 0 aromatic heterocycles. The Balaban J connectivity index is 2.52. The fraction of sp³-hybridized carbons (Fsp3) is 0.333. The lowest BCUT2D eigenvalue weighted by Gasteiger charge is -2.15. The van der Waals surface area contributed by atoms with E-state index in [1.165, 1.54) is 0 Å². The van der Waals surface area contributed by atoms with Crippen molar-refractivity contribution in [1.29, 1.82) is 5.26 Å². The highest BCUT2D eigenvalue weighted by atomic mass is 79.9. The molecule has 1 aromatic carbocycles. The number of rotatable bonds is 5. The third-order valence-electron chi connectivity index (χ3n) is 2.22. The van der Waals surface area contributed by atoms with E-state index < -0.39 is 0 Å². The zero-order chi connectivity index (χ0) is 12.7. The van der Waals surface area contributed by atoms with Crippen LogP contribution in [0, 0.1) is 11.3 Å². The van der Waals surface area contributed by atoms with E-state index in [0.717, 1.165) is 10.2 Å². The lowest BCUT2D eigenvalue weighted by atomic mass is 10.3. The summed E-state index contributed by atoms with van der Waals surface area (Å²) in [5.41, 5.74) is 0.748. The number of likely N-dealkylation sites (N-methyl/N-ethyl adjacent to an activating group) is 1. The van der Waals surface area contributed by atoms with Crippen LogP contribution < -0.4 is 5.32 Å². The molecule has 0 bridgehead atoms. The van der Waals surface area contributed by atoms with E-state index in [0.29, 0.717) is 6.54 Å². The predicted octanol–water partition coefficient (Wildman–Crippen LogP) is 2.23. The van der Waals surface area contributed by atoms with Crippen molar-refractivity contribution in [2.45, 2.75) is 6.92 Å². The SMILES string of the molecule is CCN(CC#N)CC(=O)Nc1cccc(Br)c1. The highest BCUT2D eigenvalue weighted by molar-refractivity contribution is 9.10. The van der Waals surface area contributed by atoms with Crippen LogP contribution in [0.15, 0.2) is 28.7 Å². The number of hydrogen-bond acceptors (Lipinski definition) is 3. The highest BCUT2D eigenvalue weighted by Gasteiger charge is 2.08. The maximum Gasteiger partial charge on any atom is 0.238 e. The summed E-state index contributed by atoms with van der Waals surface area (Å²) in [5, 5.41) is 11.4. The van der Waals surface area contributed by atoms with Crippen molar-refractivity contribution in [1.82, 2.24) is 4.90 Å². The first-order valence-electron chi connectivity index (χ1n) is 5.30. The topological polar surface area (TPSA) is 56.1 Å². The second-order valence-corrected chi connectivity index (χ2v) is 4.44. The normalized spacial score (nSPS) is 10.0. The van der Waals surface area contributed by atoms with Crippen LogP contribution >= 0.6 is 15.9 Å². The number of anilines is 1. The third-order valence-corrected chi connectivity index (χ3v) is 2.71. The second-order valence-electron chi connectivity index (χ2n) is 3.52. The molecule has 0 unspecified atom stereocenters. The van der Waals surface area contributed by atoms with Gasteiger partial charge in [-0.05, 0) is 24.7 Å². The Morgan fingerprint density at radius 3 is 2.94 bits per heavy atom. The van der Waals surface area contributed by atoms with Gasteiger partial charge in [0.05, 0.1) is 19.2 Å². The van der Waals surface area contributed by atoms with Gasteiger partial charge in [0.25, 0.3) is 0 Å². The minimum Gasteiger partial charge on any atom is -0.325 e. The van der Waals surface area contributed by atoms with E-state index in [-0.39, 0.29) is 19.0 Å². The van der Waals surface area contributed by atoms with E-state index in [1.54, 1.807) is 4.90 Å². The van der Waals surface area contributed by atoms with Crippen molar-refractivity contribution in [3.05, 3.63) is 28.7 Å². The summed E-state index contributed by atoms with van der Waals surface area (Å²) in [6.45, 7) is 3.10. The minimum atomic E-state index is -0.111. The van der Waals surface area contributed by atoms with Gasteiger partial charge in [-0.15, -0.1) is 0 Å². The lowest BCUT2D eigenvalue weighted by Crippen LogP contribution is -2.33. The molecule has 1 rings (SSSR count). The van der Waals surface area contributed by atoms with Crippen LogP contribution in [0.25, 0.3) is 0 Å². The number of carbonyl (C=O) groups is 1. The average molecular weight is 296 g/mol. The minimum absolute atomic E-state index is 0.111. The third kappa shape index (κ3) is 4.98. The molecule has 0 atom stereocenters. The fourth-order valence-corrected chi connectivity index (χ4v) is 1.75. The number of nitriles is 1. The highest BCUT2D eigenvalue weighted by Crippen LogP contribution is 2.15. The average Bonchev–Trinajstić information content (AvgIpc) is 2.28. The number of carbonyl (C=O) groups excluding carboxylic acids is 1. The molecule has 0 aliphatic carbocycles. The molecule has 17 heavy (non-hydrogen) atoms. The monoisotopic (exact) mass is 295 g/mol. The van der Waals surface area contributed by atoms with E-state index in [2.05, 4.69) is 21.2 Å². The molecular weight excluding hydrogens is 282 g/mol. The lowest BCUT2D eigenvalue weighted by molar-refractivity contribution is -0.117. The van der Waals surface area contributed by atoms with E-state index in [4.69, 9.17) is 5.26 Å². The number of nitrogens with one attached hydrogen (secondary N) is 1. The van der Waals surface area contributed by atoms with Gasteiger partial charge in [-0.25, -0.2) is 0 Å². The predicted molar refractivity (Wildman–Crippen MR) is 70.5 cm³/mol. The Bertz CT molecular complexity index is 428. The molecule has 1 N–H and O–H groups in total. The number of amides is 1. The smallest absolute Gasteiger partial charge is 0.238 e. The Hall–Kier alpha value is -1.38. The van der Waals surface area contributed by atoms with Crippen molar-refractivity contribution in [2.75, 3.05) is 25.0 Å². The van der Waals surface area contributed by atoms with Gasteiger partial charge in [0, 0.05) is 10.2 Å². The molecule has 0 radical (unpaired) electrons. The van der Waals surface area contributed by atoms with Gasteiger partial charge in [-0.2, -0.15) is 5.26 Å². The van der Waals surface area contributed by atoms with Gasteiger partial charge >= 0.3 is 0 Å². The quantitative estimate of drug-likeness (QED) is 0.848. The maximum atomic E-state index is 11.7. The molecule has 0 heterocycles. The van der Waals surface area contributed by atoms with Crippen LogP contribution in [0.4, 0.5) is 5.69 Å². The van der Waals surface area contributed by atoms with Crippen molar-refractivity contribution in [3.8, 4) is 6.07 Å². The van der Waals surface area contributed by atoms with E-state index in [1.807, 2.05) is 37.3 Å². The van der Waals surface area contributed by atoms with Gasteiger partial charge in [0.2, 0.25) is 5.91 Å². The molecule has 0 spiro atoms. The van der Waals surface area contributed by atoms with Gasteiger partial charge in [0.15, 0.2) is 0 Å². The van der Waals surface area contributed by atoms with Gasteiger partial charge in [0.1, 0.15) is 0 Å². The zero-order valence-corrected chi connectivity index (χ0v) is 11.2. The summed E-state index contributed by atoms with van der Waals surface area (Å²) < 4.78 is 0.916. The summed E-state index contributed by atoms with van der Waals surface area (Å²) in [6, 6.07) is 9.44. The molecule has 1 amide bonds. The Kier molecular flexibility index (Phi) is 5.67. The molecule has 0 saturated heterocycles. The molecule has 90 valence electrons. The van der Waals surface area contributed by atoms with E-state index in [9.17, 15) is 4.79 Å². The summed E-state index contributed by atoms with van der Waals surface area (Å²) in [7, 11) is 0. The van der Waals surface area contributed by atoms with Crippen molar-refractivity contribution >= 4 is 27.5 Å². The fourth-order valence-electron chi connectivity index (χ4n) is 1.35. The molecule has 0 aliphatic heterocycles. The zero-order valence-electron chi connectivity index (χ0n) is 9.61.